The van der Waals surface area contributed by atoms with Crippen LogP contribution in [-0.2, 0) is 0 Å². The summed E-state index contributed by atoms with van der Waals surface area (Å²) >= 11 is 0. The zero-order chi connectivity index (χ0) is 11.4. The predicted octanol–water partition coefficient (Wildman–Crippen LogP) is 2.54. The molecule has 0 aromatic rings. The van der Waals surface area contributed by atoms with Crippen molar-refractivity contribution in [1.29, 1.82) is 0 Å². The third-order valence-electron chi connectivity index (χ3n) is 4.98. The Hall–Kier alpha value is -0.0800. The van der Waals surface area contributed by atoms with Gasteiger partial charge in [0.1, 0.15) is 0 Å². The van der Waals surface area contributed by atoms with Crippen molar-refractivity contribution in [3.05, 3.63) is 0 Å². The maximum atomic E-state index is 3.70. The van der Waals surface area contributed by atoms with Gasteiger partial charge in [0.2, 0.25) is 0 Å². The van der Waals surface area contributed by atoms with Crippen LogP contribution in [0.15, 0.2) is 0 Å². The van der Waals surface area contributed by atoms with E-state index in [1.54, 1.807) is 0 Å². The van der Waals surface area contributed by atoms with Gasteiger partial charge in [-0.15, -0.1) is 0 Å². The molecule has 0 aromatic heterocycles. The van der Waals surface area contributed by atoms with Gasteiger partial charge in [-0.1, -0.05) is 32.6 Å². The first kappa shape index (κ1) is 12.4. The normalized spacial score (nSPS) is 41.6. The monoisotopic (exact) mass is 224 g/mol. The van der Waals surface area contributed by atoms with Crippen LogP contribution < -0.4 is 10.6 Å². The van der Waals surface area contributed by atoms with E-state index < -0.39 is 0 Å². The highest BCUT2D eigenvalue weighted by molar-refractivity contribution is 4.97. The molecule has 2 nitrogen and oxygen atoms in total. The van der Waals surface area contributed by atoms with Gasteiger partial charge in [-0.25, -0.2) is 0 Å². The number of nitrogens with one attached hydrogen (secondary N) is 2. The van der Waals surface area contributed by atoms with Crippen LogP contribution in [0, 0.1) is 11.8 Å². The molecular weight excluding hydrogens is 196 g/mol. The minimum atomic E-state index is 0.448. The smallest absolute Gasteiger partial charge is 0.0219 e. The average molecular weight is 224 g/mol. The summed E-state index contributed by atoms with van der Waals surface area (Å²) in [5.41, 5.74) is 0.448. The highest BCUT2D eigenvalue weighted by Crippen LogP contribution is 2.36. The molecule has 2 fully saturated rings. The van der Waals surface area contributed by atoms with Gasteiger partial charge in [0.25, 0.3) is 0 Å². The molecule has 2 aliphatic rings. The largest absolute Gasteiger partial charge is 0.316 e. The zero-order valence-corrected chi connectivity index (χ0v) is 11.0. The summed E-state index contributed by atoms with van der Waals surface area (Å²) in [5.74, 6) is 1.82. The standard InChI is InChI=1S/C14H28N2/c1-12-5-3-8-14(15-2,9-4-6-12)13-7-10-16-11-13/h12-13,15-16H,3-11H2,1-2H3. The average Bonchev–Trinajstić information content (AvgIpc) is 2.77. The maximum Gasteiger partial charge on any atom is 0.0219 e. The van der Waals surface area contributed by atoms with Gasteiger partial charge in [0, 0.05) is 5.54 Å². The molecule has 0 amide bonds. The van der Waals surface area contributed by atoms with E-state index in [4.69, 9.17) is 0 Å². The molecule has 1 heterocycles. The van der Waals surface area contributed by atoms with Crippen LogP contribution in [0.1, 0.15) is 51.9 Å². The Morgan fingerprint density at radius 2 is 1.81 bits per heavy atom. The van der Waals surface area contributed by atoms with E-state index in [2.05, 4.69) is 24.6 Å². The predicted molar refractivity (Wildman–Crippen MR) is 69.6 cm³/mol. The Morgan fingerprint density at radius 3 is 2.31 bits per heavy atom. The Morgan fingerprint density at radius 1 is 1.12 bits per heavy atom. The van der Waals surface area contributed by atoms with Crippen molar-refractivity contribution < 1.29 is 0 Å². The lowest BCUT2D eigenvalue weighted by Gasteiger charge is -2.41. The minimum absolute atomic E-state index is 0.448. The highest BCUT2D eigenvalue weighted by Gasteiger charge is 2.38. The quantitative estimate of drug-likeness (QED) is 0.753. The summed E-state index contributed by atoms with van der Waals surface area (Å²) in [4.78, 5) is 0. The zero-order valence-electron chi connectivity index (χ0n) is 11.0. The van der Waals surface area contributed by atoms with E-state index in [1.807, 2.05) is 0 Å². The van der Waals surface area contributed by atoms with Gasteiger partial charge in [-0.3, -0.25) is 0 Å². The Balaban J connectivity index is 2.00. The van der Waals surface area contributed by atoms with Crippen LogP contribution in [0.2, 0.25) is 0 Å². The van der Waals surface area contributed by atoms with Crippen LogP contribution in [0.4, 0.5) is 0 Å². The van der Waals surface area contributed by atoms with E-state index in [0.717, 1.165) is 11.8 Å². The van der Waals surface area contributed by atoms with Crippen molar-refractivity contribution in [1.82, 2.24) is 10.6 Å². The molecule has 94 valence electrons. The first-order chi connectivity index (χ1) is 7.77. The summed E-state index contributed by atoms with van der Waals surface area (Å²) in [6.45, 7) is 4.88. The first-order valence-electron chi connectivity index (χ1n) is 7.16. The fraction of sp³-hybridized carbons (Fsp3) is 1.00. The Bertz CT molecular complexity index is 199. The molecule has 0 radical (unpaired) electrons. The highest BCUT2D eigenvalue weighted by atomic mass is 15.0. The molecule has 1 saturated heterocycles. The number of hydrogen-bond donors (Lipinski definition) is 2. The van der Waals surface area contributed by atoms with Crippen molar-refractivity contribution in [2.75, 3.05) is 20.1 Å². The van der Waals surface area contributed by atoms with Gasteiger partial charge < -0.3 is 10.6 Å². The summed E-state index contributed by atoms with van der Waals surface area (Å²) < 4.78 is 0. The SMILES string of the molecule is CNC1(C2CCNC2)CCCC(C)CCC1. The Labute approximate surface area is 101 Å². The summed E-state index contributed by atoms with van der Waals surface area (Å²) in [6, 6.07) is 0. The van der Waals surface area contributed by atoms with Crippen molar-refractivity contribution in [3.8, 4) is 0 Å². The van der Waals surface area contributed by atoms with Crippen LogP contribution >= 0.6 is 0 Å². The summed E-state index contributed by atoms with van der Waals surface area (Å²) in [7, 11) is 2.18. The van der Waals surface area contributed by atoms with Gasteiger partial charge in [0.05, 0.1) is 0 Å². The van der Waals surface area contributed by atoms with Gasteiger partial charge in [-0.2, -0.15) is 0 Å². The lowest BCUT2D eigenvalue weighted by Crippen LogP contribution is -2.50. The molecule has 2 rings (SSSR count). The van der Waals surface area contributed by atoms with Crippen molar-refractivity contribution in [2.24, 2.45) is 11.8 Å². The fourth-order valence-corrected chi connectivity index (χ4v) is 3.79. The first-order valence-corrected chi connectivity index (χ1v) is 7.16. The van der Waals surface area contributed by atoms with Gasteiger partial charge in [-0.05, 0) is 51.2 Å². The van der Waals surface area contributed by atoms with Crippen LogP contribution in [0.5, 0.6) is 0 Å². The van der Waals surface area contributed by atoms with E-state index in [0.29, 0.717) is 5.54 Å². The molecule has 2 heteroatoms. The molecule has 1 aliphatic heterocycles. The summed E-state index contributed by atoms with van der Waals surface area (Å²) in [5, 5.41) is 7.24. The molecular formula is C14H28N2. The molecule has 1 aliphatic carbocycles. The van der Waals surface area contributed by atoms with Gasteiger partial charge >= 0.3 is 0 Å². The second kappa shape index (κ2) is 5.50. The molecule has 16 heavy (non-hydrogen) atoms. The van der Waals surface area contributed by atoms with E-state index >= 15 is 0 Å². The molecule has 0 spiro atoms. The topological polar surface area (TPSA) is 24.1 Å². The summed E-state index contributed by atoms with van der Waals surface area (Å²) in [6.07, 6.45) is 9.85. The van der Waals surface area contributed by atoms with E-state index in [1.165, 1.54) is 58.0 Å². The number of hydrogen-bond acceptors (Lipinski definition) is 2. The van der Waals surface area contributed by atoms with Crippen molar-refractivity contribution >= 4 is 0 Å². The number of rotatable bonds is 2. The molecule has 0 bridgehead atoms. The van der Waals surface area contributed by atoms with Crippen molar-refractivity contribution in [2.45, 2.75) is 57.4 Å². The molecule has 1 saturated carbocycles. The third-order valence-corrected chi connectivity index (χ3v) is 4.98. The lowest BCUT2D eigenvalue weighted by molar-refractivity contribution is 0.171. The molecule has 1 unspecified atom stereocenters. The second-order valence-electron chi connectivity index (χ2n) is 5.99. The van der Waals surface area contributed by atoms with E-state index in [-0.39, 0.29) is 0 Å². The van der Waals surface area contributed by atoms with Crippen LogP contribution in [0.25, 0.3) is 0 Å². The maximum absolute atomic E-state index is 3.70. The molecule has 0 aromatic carbocycles. The third kappa shape index (κ3) is 2.60. The van der Waals surface area contributed by atoms with Crippen molar-refractivity contribution in [3.63, 3.8) is 0 Å². The lowest BCUT2D eigenvalue weighted by atomic mass is 9.73. The molecule has 2 N–H and O–H groups in total. The fourth-order valence-electron chi connectivity index (χ4n) is 3.79. The Kier molecular flexibility index (Phi) is 4.26. The van der Waals surface area contributed by atoms with Crippen LogP contribution in [0.3, 0.4) is 0 Å². The minimum Gasteiger partial charge on any atom is -0.316 e. The molecule has 1 atom stereocenters. The van der Waals surface area contributed by atoms with E-state index in [9.17, 15) is 0 Å². The van der Waals surface area contributed by atoms with Gasteiger partial charge in [0.15, 0.2) is 0 Å². The van der Waals surface area contributed by atoms with Crippen LogP contribution in [-0.4, -0.2) is 25.7 Å². The second-order valence-corrected chi connectivity index (χ2v) is 5.99.